The molecule has 102 valence electrons. The van der Waals surface area contributed by atoms with Gasteiger partial charge in [0, 0.05) is 13.0 Å². The van der Waals surface area contributed by atoms with E-state index in [1.54, 1.807) is 0 Å². The molecule has 0 aliphatic carbocycles. The van der Waals surface area contributed by atoms with E-state index in [1.165, 1.54) is 25.7 Å². The van der Waals surface area contributed by atoms with Gasteiger partial charge in [0.2, 0.25) is 5.91 Å². The van der Waals surface area contributed by atoms with Gasteiger partial charge in [0.15, 0.2) is 0 Å². The van der Waals surface area contributed by atoms with E-state index >= 15 is 0 Å². The summed E-state index contributed by atoms with van der Waals surface area (Å²) in [4.78, 5) is 11.5. The van der Waals surface area contributed by atoms with E-state index < -0.39 is 0 Å². The Morgan fingerprint density at radius 3 is 2.53 bits per heavy atom. The lowest BCUT2D eigenvalue weighted by Crippen LogP contribution is -2.28. The van der Waals surface area contributed by atoms with Crippen molar-refractivity contribution in [3.63, 3.8) is 0 Å². The summed E-state index contributed by atoms with van der Waals surface area (Å²) >= 11 is 0. The molecule has 0 heterocycles. The summed E-state index contributed by atoms with van der Waals surface area (Å²) in [6.07, 6.45) is 8.86. The Morgan fingerprint density at radius 2 is 1.88 bits per heavy atom. The van der Waals surface area contributed by atoms with Gasteiger partial charge in [-0.1, -0.05) is 39.5 Å². The van der Waals surface area contributed by atoms with Crippen LogP contribution in [0.15, 0.2) is 0 Å². The molecule has 0 saturated carbocycles. The summed E-state index contributed by atoms with van der Waals surface area (Å²) in [6.45, 7) is 5.91. The first-order valence-electron chi connectivity index (χ1n) is 7.17. The molecule has 0 spiro atoms. The number of unbranched alkanes of at least 4 members (excludes halogenated alkanes) is 4. The smallest absolute Gasteiger partial charge is 0.220 e. The van der Waals surface area contributed by atoms with Crippen LogP contribution >= 0.6 is 0 Å². The Morgan fingerprint density at radius 1 is 1.18 bits per heavy atom. The van der Waals surface area contributed by atoms with Crippen LogP contribution in [0.2, 0.25) is 0 Å². The van der Waals surface area contributed by atoms with E-state index in [2.05, 4.69) is 19.2 Å². The molecule has 17 heavy (non-hydrogen) atoms. The molecule has 1 atom stereocenters. The average Bonchev–Trinajstić information content (AvgIpc) is 2.33. The lowest BCUT2D eigenvalue weighted by Gasteiger charge is -2.11. The molecule has 0 aromatic rings. The topological polar surface area (TPSA) is 55.1 Å². The van der Waals surface area contributed by atoms with Crippen molar-refractivity contribution in [2.24, 2.45) is 11.7 Å². The number of hydrogen-bond acceptors (Lipinski definition) is 2. The summed E-state index contributed by atoms with van der Waals surface area (Å²) in [7, 11) is 0. The Balaban J connectivity index is 3.33. The maximum atomic E-state index is 11.5. The fourth-order valence-corrected chi connectivity index (χ4v) is 1.83. The summed E-state index contributed by atoms with van der Waals surface area (Å²) < 4.78 is 0. The molecule has 3 nitrogen and oxygen atoms in total. The van der Waals surface area contributed by atoms with Crippen molar-refractivity contribution < 1.29 is 4.79 Å². The second kappa shape index (κ2) is 11.9. The van der Waals surface area contributed by atoms with E-state index in [4.69, 9.17) is 5.73 Å². The number of hydrogen-bond donors (Lipinski definition) is 2. The van der Waals surface area contributed by atoms with Crippen LogP contribution in [-0.4, -0.2) is 19.0 Å². The molecule has 3 N–H and O–H groups in total. The summed E-state index contributed by atoms with van der Waals surface area (Å²) in [5.74, 6) is 0.753. The number of rotatable bonds is 11. The second-order valence-electron chi connectivity index (χ2n) is 5.00. The molecular formula is C14H30N2O. The lowest BCUT2D eigenvalue weighted by molar-refractivity contribution is -0.121. The van der Waals surface area contributed by atoms with E-state index in [-0.39, 0.29) is 5.91 Å². The lowest BCUT2D eigenvalue weighted by atomic mass is 10.1. The first-order chi connectivity index (χ1) is 8.20. The van der Waals surface area contributed by atoms with Crippen molar-refractivity contribution in [1.29, 1.82) is 0 Å². The van der Waals surface area contributed by atoms with Gasteiger partial charge in [0.25, 0.3) is 0 Å². The van der Waals surface area contributed by atoms with Gasteiger partial charge in [-0.3, -0.25) is 4.79 Å². The minimum Gasteiger partial charge on any atom is -0.356 e. The van der Waals surface area contributed by atoms with Gasteiger partial charge in [-0.25, -0.2) is 0 Å². The monoisotopic (exact) mass is 242 g/mol. The zero-order valence-corrected chi connectivity index (χ0v) is 11.6. The van der Waals surface area contributed by atoms with Crippen molar-refractivity contribution in [2.75, 3.05) is 13.1 Å². The standard InChI is InChI=1S/C14H30N2O/c1-3-4-5-6-7-10-14(17)16-12-13(2)9-8-11-15/h13H,3-12,15H2,1-2H3,(H,16,17). The van der Waals surface area contributed by atoms with Crippen LogP contribution in [0.4, 0.5) is 0 Å². The summed E-state index contributed by atoms with van der Waals surface area (Å²) in [5, 5.41) is 3.00. The third kappa shape index (κ3) is 11.7. The van der Waals surface area contributed by atoms with Crippen molar-refractivity contribution in [3.8, 4) is 0 Å². The van der Waals surface area contributed by atoms with Crippen LogP contribution in [0.5, 0.6) is 0 Å². The van der Waals surface area contributed by atoms with Gasteiger partial charge in [-0.05, 0) is 31.7 Å². The van der Waals surface area contributed by atoms with Crippen LogP contribution in [-0.2, 0) is 4.79 Å². The fourth-order valence-electron chi connectivity index (χ4n) is 1.83. The second-order valence-corrected chi connectivity index (χ2v) is 5.00. The number of nitrogens with one attached hydrogen (secondary N) is 1. The molecule has 0 bridgehead atoms. The Bertz CT molecular complexity index is 183. The van der Waals surface area contributed by atoms with Crippen LogP contribution in [0.25, 0.3) is 0 Å². The number of carbonyl (C=O) groups is 1. The average molecular weight is 242 g/mol. The molecule has 0 radical (unpaired) electrons. The molecule has 1 amide bonds. The summed E-state index contributed by atoms with van der Waals surface area (Å²) in [5.41, 5.74) is 5.45. The maximum absolute atomic E-state index is 11.5. The highest BCUT2D eigenvalue weighted by atomic mass is 16.1. The van der Waals surface area contributed by atoms with Crippen molar-refractivity contribution in [3.05, 3.63) is 0 Å². The number of nitrogens with two attached hydrogens (primary N) is 1. The molecule has 0 rings (SSSR count). The highest BCUT2D eigenvalue weighted by molar-refractivity contribution is 5.75. The Kier molecular flexibility index (Phi) is 11.5. The fraction of sp³-hybridized carbons (Fsp3) is 0.929. The molecule has 0 aliphatic rings. The van der Waals surface area contributed by atoms with Gasteiger partial charge in [0.05, 0.1) is 0 Å². The van der Waals surface area contributed by atoms with E-state index in [0.29, 0.717) is 12.3 Å². The van der Waals surface area contributed by atoms with Gasteiger partial charge in [0.1, 0.15) is 0 Å². The van der Waals surface area contributed by atoms with Crippen molar-refractivity contribution >= 4 is 5.91 Å². The molecule has 1 unspecified atom stereocenters. The van der Waals surface area contributed by atoms with Crippen LogP contribution in [0.3, 0.4) is 0 Å². The third-order valence-corrected chi connectivity index (χ3v) is 3.06. The van der Waals surface area contributed by atoms with E-state index in [0.717, 1.165) is 32.4 Å². The Hall–Kier alpha value is -0.570. The molecule has 0 aliphatic heterocycles. The quantitative estimate of drug-likeness (QED) is 0.547. The predicted octanol–water partition coefficient (Wildman–Crippen LogP) is 2.84. The molecule has 0 aromatic heterocycles. The van der Waals surface area contributed by atoms with Crippen LogP contribution in [0.1, 0.15) is 65.2 Å². The zero-order chi connectivity index (χ0) is 12.9. The van der Waals surface area contributed by atoms with Crippen LogP contribution < -0.4 is 11.1 Å². The predicted molar refractivity (Wildman–Crippen MR) is 73.8 cm³/mol. The molecule has 0 fully saturated rings. The molecule has 0 saturated heterocycles. The minimum absolute atomic E-state index is 0.209. The highest BCUT2D eigenvalue weighted by Crippen LogP contribution is 2.06. The van der Waals surface area contributed by atoms with Gasteiger partial charge >= 0.3 is 0 Å². The number of carbonyl (C=O) groups excluding carboxylic acids is 1. The molecule has 3 heteroatoms. The zero-order valence-electron chi connectivity index (χ0n) is 11.6. The number of amides is 1. The van der Waals surface area contributed by atoms with E-state index in [9.17, 15) is 4.79 Å². The van der Waals surface area contributed by atoms with Gasteiger partial charge in [-0.2, -0.15) is 0 Å². The highest BCUT2D eigenvalue weighted by Gasteiger charge is 2.04. The SMILES string of the molecule is CCCCCCCC(=O)NCC(C)CCCN. The van der Waals surface area contributed by atoms with Crippen molar-refractivity contribution in [1.82, 2.24) is 5.32 Å². The normalized spacial score (nSPS) is 12.4. The summed E-state index contributed by atoms with van der Waals surface area (Å²) in [6, 6.07) is 0. The van der Waals surface area contributed by atoms with Crippen molar-refractivity contribution in [2.45, 2.75) is 65.2 Å². The minimum atomic E-state index is 0.209. The van der Waals surface area contributed by atoms with E-state index in [1.807, 2.05) is 0 Å². The first kappa shape index (κ1) is 16.4. The van der Waals surface area contributed by atoms with Gasteiger partial charge < -0.3 is 11.1 Å². The first-order valence-corrected chi connectivity index (χ1v) is 7.17. The van der Waals surface area contributed by atoms with Gasteiger partial charge in [-0.15, -0.1) is 0 Å². The Labute approximate surface area is 107 Å². The molecule has 0 aromatic carbocycles. The molecular weight excluding hydrogens is 212 g/mol. The van der Waals surface area contributed by atoms with Crippen LogP contribution in [0, 0.1) is 5.92 Å². The largest absolute Gasteiger partial charge is 0.356 e. The maximum Gasteiger partial charge on any atom is 0.220 e. The third-order valence-electron chi connectivity index (χ3n) is 3.06.